The minimum absolute atomic E-state index is 0.272. The van der Waals surface area contributed by atoms with E-state index in [1.807, 2.05) is 0 Å². The number of ether oxygens (including phenoxy) is 2. The molecule has 16 heavy (non-hydrogen) atoms. The highest BCUT2D eigenvalue weighted by Gasteiger charge is 2.15. The summed E-state index contributed by atoms with van der Waals surface area (Å²) in [7, 11) is 0. The molecule has 1 unspecified atom stereocenters. The van der Waals surface area contributed by atoms with Crippen LogP contribution in [0.3, 0.4) is 0 Å². The Morgan fingerprint density at radius 3 is 2.62 bits per heavy atom. The lowest BCUT2D eigenvalue weighted by molar-refractivity contribution is -0.0585. The van der Waals surface area contributed by atoms with E-state index in [4.69, 9.17) is 9.47 Å². The van der Waals surface area contributed by atoms with Crippen LogP contribution in [0.15, 0.2) is 0 Å². The van der Waals surface area contributed by atoms with Gasteiger partial charge < -0.3 is 19.9 Å². The quantitative estimate of drug-likeness (QED) is 0.680. The smallest absolute Gasteiger partial charge is 0.0897 e. The molecular weight excluding hydrogens is 206 g/mol. The normalized spacial score (nSPS) is 20.2. The van der Waals surface area contributed by atoms with Crippen molar-refractivity contribution in [1.29, 1.82) is 0 Å². The van der Waals surface area contributed by atoms with Crippen LogP contribution in [0, 0.1) is 5.92 Å². The molecule has 1 saturated heterocycles. The van der Waals surface area contributed by atoms with Gasteiger partial charge in [0.2, 0.25) is 0 Å². The molecule has 0 spiro atoms. The van der Waals surface area contributed by atoms with Crippen LogP contribution in [-0.2, 0) is 9.47 Å². The van der Waals surface area contributed by atoms with E-state index in [2.05, 4.69) is 19.2 Å². The van der Waals surface area contributed by atoms with E-state index in [0.29, 0.717) is 19.1 Å². The van der Waals surface area contributed by atoms with Crippen molar-refractivity contribution < 1.29 is 14.6 Å². The van der Waals surface area contributed by atoms with Crippen molar-refractivity contribution in [2.75, 3.05) is 32.9 Å². The van der Waals surface area contributed by atoms with Crippen LogP contribution in [0.1, 0.15) is 26.7 Å². The molecule has 0 aromatic rings. The summed E-state index contributed by atoms with van der Waals surface area (Å²) < 4.78 is 10.9. The van der Waals surface area contributed by atoms with Gasteiger partial charge in [0.15, 0.2) is 0 Å². The molecule has 1 rings (SSSR count). The van der Waals surface area contributed by atoms with Gasteiger partial charge in [-0.15, -0.1) is 0 Å². The fourth-order valence-electron chi connectivity index (χ4n) is 1.69. The summed E-state index contributed by atoms with van der Waals surface area (Å²) in [4.78, 5) is 0. The first kappa shape index (κ1) is 13.9. The Morgan fingerprint density at radius 1 is 1.31 bits per heavy atom. The molecule has 4 nitrogen and oxygen atoms in total. The molecule has 1 atom stereocenters. The Labute approximate surface area is 98.3 Å². The average molecular weight is 231 g/mol. The Bertz CT molecular complexity index is 170. The molecule has 0 aliphatic carbocycles. The van der Waals surface area contributed by atoms with E-state index < -0.39 is 6.10 Å². The van der Waals surface area contributed by atoms with Gasteiger partial charge >= 0.3 is 0 Å². The molecule has 1 aliphatic rings. The van der Waals surface area contributed by atoms with Gasteiger partial charge in [-0.3, -0.25) is 0 Å². The maximum Gasteiger partial charge on any atom is 0.0897 e. The lowest BCUT2D eigenvalue weighted by atomic mass is 10.1. The van der Waals surface area contributed by atoms with Crippen molar-refractivity contribution >= 4 is 0 Å². The Kier molecular flexibility index (Phi) is 6.96. The summed E-state index contributed by atoms with van der Waals surface area (Å²) >= 11 is 0. The first-order valence-corrected chi connectivity index (χ1v) is 6.26. The van der Waals surface area contributed by atoms with Crippen molar-refractivity contribution in [2.45, 2.75) is 38.9 Å². The molecule has 0 aromatic heterocycles. The van der Waals surface area contributed by atoms with Crippen LogP contribution in [-0.4, -0.2) is 50.2 Å². The average Bonchev–Trinajstić information content (AvgIpc) is 2.27. The van der Waals surface area contributed by atoms with E-state index in [9.17, 15) is 5.11 Å². The van der Waals surface area contributed by atoms with Gasteiger partial charge in [-0.05, 0) is 25.3 Å². The number of aliphatic hydroxyl groups is 1. The molecule has 1 heterocycles. The van der Waals surface area contributed by atoms with Crippen LogP contribution in [0.2, 0.25) is 0 Å². The van der Waals surface area contributed by atoms with Gasteiger partial charge in [0.25, 0.3) is 0 Å². The van der Waals surface area contributed by atoms with Crippen molar-refractivity contribution in [3.05, 3.63) is 0 Å². The third-order valence-electron chi connectivity index (χ3n) is 2.63. The third kappa shape index (κ3) is 6.43. The summed E-state index contributed by atoms with van der Waals surface area (Å²) in [6, 6.07) is 0. The van der Waals surface area contributed by atoms with E-state index in [0.717, 1.165) is 32.6 Å². The van der Waals surface area contributed by atoms with Crippen molar-refractivity contribution in [1.82, 2.24) is 5.32 Å². The third-order valence-corrected chi connectivity index (χ3v) is 2.63. The van der Waals surface area contributed by atoms with Gasteiger partial charge in [-0.25, -0.2) is 0 Å². The number of hydrogen-bond acceptors (Lipinski definition) is 4. The van der Waals surface area contributed by atoms with E-state index in [1.165, 1.54) is 0 Å². The van der Waals surface area contributed by atoms with Crippen LogP contribution in [0.25, 0.3) is 0 Å². The van der Waals surface area contributed by atoms with Gasteiger partial charge in [0, 0.05) is 19.8 Å². The van der Waals surface area contributed by atoms with Gasteiger partial charge in [-0.2, -0.15) is 0 Å². The van der Waals surface area contributed by atoms with Crippen LogP contribution < -0.4 is 5.32 Å². The van der Waals surface area contributed by atoms with Crippen molar-refractivity contribution in [3.8, 4) is 0 Å². The van der Waals surface area contributed by atoms with Gasteiger partial charge in [0.05, 0.1) is 18.8 Å². The maximum atomic E-state index is 9.67. The van der Waals surface area contributed by atoms with Crippen LogP contribution in [0.5, 0.6) is 0 Å². The van der Waals surface area contributed by atoms with Gasteiger partial charge in [0.1, 0.15) is 0 Å². The summed E-state index contributed by atoms with van der Waals surface area (Å²) in [5.74, 6) is 0.614. The predicted octanol–water partition coefficient (Wildman–Crippen LogP) is 0.788. The largest absolute Gasteiger partial charge is 0.389 e. The fraction of sp³-hybridized carbons (Fsp3) is 1.00. The summed E-state index contributed by atoms with van der Waals surface area (Å²) in [6.07, 6.45) is 1.77. The first-order valence-electron chi connectivity index (χ1n) is 6.26. The number of nitrogens with one attached hydrogen (secondary N) is 1. The Morgan fingerprint density at radius 2 is 2.00 bits per heavy atom. The van der Waals surface area contributed by atoms with Crippen molar-refractivity contribution in [3.63, 3.8) is 0 Å². The zero-order valence-electron chi connectivity index (χ0n) is 10.4. The minimum Gasteiger partial charge on any atom is -0.389 e. The van der Waals surface area contributed by atoms with E-state index >= 15 is 0 Å². The monoisotopic (exact) mass is 231 g/mol. The lowest BCUT2D eigenvalue weighted by Gasteiger charge is -2.23. The molecule has 0 aromatic carbocycles. The highest BCUT2D eigenvalue weighted by Crippen LogP contribution is 2.10. The number of hydrogen-bond donors (Lipinski definition) is 2. The second kappa shape index (κ2) is 8.01. The standard InChI is InChI=1S/C12H25NO3/c1-10(2)7-13-8-11(14)9-16-12-3-5-15-6-4-12/h10-14H,3-9H2,1-2H3. The summed E-state index contributed by atoms with van der Waals surface area (Å²) in [5, 5.41) is 12.9. The number of aliphatic hydroxyl groups excluding tert-OH is 1. The highest BCUT2D eigenvalue weighted by atomic mass is 16.5. The second-order valence-corrected chi connectivity index (χ2v) is 4.85. The minimum atomic E-state index is -0.401. The molecule has 1 fully saturated rings. The maximum absolute atomic E-state index is 9.67. The topological polar surface area (TPSA) is 50.7 Å². The zero-order valence-corrected chi connectivity index (χ0v) is 10.4. The Hall–Kier alpha value is -0.160. The molecule has 0 radical (unpaired) electrons. The van der Waals surface area contributed by atoms with Crippen molar-refractivity contribution in [2.24, 2.45) is 5.92 Å². The highest BCUT2D eigenvalue weighted by molar-refractivity contribution is 4.65. The second-order valence-electron chi connectivity index (χ2n) is 4.85. The molecule has 4 heteroatoms. The molecule has 96 valence electrons. The number of rotatable bonds is 7. The molecular formula is C12H25NO3. The fourth-order valence-corrected chi connectivity index (χ4v) is 1.69. The SMILES string of the molecule is CC(C)CNCC(O)COC1CCOCC1. The summed E-state index contributed by atoms with van der Waals surface area (Å²) in [6.45, 7) is 7.85. The lowest BCUT2D eigenvalue weighted by Crippen LogP contribution is -2.34. The van der Waals surface area contributed by atoms with Crippen LogP contribution in [0.4, 0.5) is 0 Å². The van der Waals surface area contributed by atoms with E-state index in [-0.39, 0.29) is 6.10 Å². The Balaban J connectivity index is 1.98. The molecule has 2 N–H and O–H groups in total. The molecule has 0 bridgehead atoms. The summed E-state index contributed by atoms with van der Waals surface area (Å²) in [5.41, 5.74) is 0. The first-order chi connectivity index (χ1) is 7.68. The predicted molar refractivity (Wildman–Crippen MR) is 63.5 cm³/mol. The molecule has 1 aliphatic heterocycles. The van der Waals surface area contributed by atoms with Gasteiger partial charge in [-0.1, -0.05) is 13.8 Å². The van der Waals surface area contributed by atoms with Crippen LogP contribution >= 0.6 is 0 Å². The molecule has 0 saturated carbocycles. The molecule has 0 amide bonds. The zero-order chi connectivity index (χ0) is 11.8. The van der Waals surface area contributed by atoms with E-state index in [1.54, 1.807) is 0 Å².